The van der Waals surface area contributed by atoms with Crippen molar-refractivity contribution in [3.05, 3.63) is 18.0 Å². The molecule has 1 N–H and O–H groups in total. The van der Waals surface area contributed by atoms with Gasteiger partial charge < -0.3 is 10.0 Å². The van der Waals surface area contributed by atoms with Crippen molar-refractivity contribution < 1.29 is 9.90 Å². The zero-order chi connectivity index (χ0) is 14.0. The van der Waals surface area contributed by atoms with Crippen molar-refractivity contribution in [2.45, 2.75) is 31.0 Å². The van der Waals surface area contributed by atoms with Crippen LogP contribution in [0.2, 0.25) is 0 Å². The first-order valence-electron chi connectivity index (χ1n) is 6.31. The SMILES string of the molecule is CSc1ncc(C(=O)N2CC[C@](C)(O)[C@H](C)C2)cn1. The maximum absolute atomic E-state index is 12.3. The van der Waals surface area contributed by atoms with E-state index in [-0.39, 0.29) is 11.8 Å². The molecule has 2 rings (SSSR count). The van der Waals surface area contributed by atoms with E-state index in [9.17, 15) is 9.90 Å². The summed E-state index contributed by atoms with van der Waals surface area (Å²) in [7, 11) is 0. The van der Waals surface area contributed by atoms with Crippen LogP contribution in [0.3, 0.4) is 0 Å². The topological polar surface area (TPSA) is 66.3 Å². The van der Waals surface area contributed by atoms with Gasteiger partial charge in [0.1, 0.15) is 0 Å². The molecule has 6 heteroatoms. The van der Waals surface area contributed by atoms with Gasteiger partial charge in [0.2, 0.25) is 0 Å². The highest BCUT2D eigenvalue weighted by Crippen LogP contribution is 2.27. The fourth-order valence-corrected chi connectivity index (χ4v) is 2.44. The maximum Gasteiger partial charge on any atom is 0.257 e. The molecule has 1 saturated heterocycles. The third kappa shape index (κ3) is 3.06. The van der Waals surface area contributed by atoms with E-state index in [0.717, 1.165) is 0 Å². The minimum atomic E-state index is -0.685. The second kappa shape index (κ2) is 5.46. The number of hydrogen-bond acceptors (Lipinski definition) is 5. The van der Waals surface area contributed by atoms with Crippen molar-refractivity contribution in [3.8, 4) is 0 Å². The first kappa shape index (κ1) is 14.3. The number of rotatable bonds is 2. The van der Waals surface area contributed by atoms with E-state index in [0.29, 0.717) is 30.2 Å². The van der Waals surface area contributed by atoms with Gasteiger partial charge >= 0.3 is 0 Å². The quantitative estimate of drug-likeness (QED) is 0.656. The molecule has 0 aromatic carbocycles. The molecule has 0 radical (unpaired) electrons. The Morgan fingerprint density at radius 3 is 2.68 bits per heavy atom. The number of aromatic nitrogens is 2. The summed E-state index contributed by atoms with van der Waals surface area (Å²) in [5, 5.41) is 10.8. The number of amides is 1. The fourth-order valence-electron chi connectivity index (χ4n) is 2.13. The summed E-state index contributed by atoms with van der Waals surface area (Å²) in [5.41, 5.74) is -0.178. The molecule has 0 unspecified atom stereocenters. The summed E-state index contributed by atoms with van der Waals surface area (Å²) in [6, 6.07) is 0. The number of nitrogens with zero attached hydrogens (tertiary/aromatic N) is 3. The Bertz CT molecular complexity index is 461. The lowest BCUT2D eigenvalue weighted by Gasteiger charge is -2.41. The van der Waals surface area contributed by atoms with Crippen molar-refractivity contribution in [3.63, 3.8) is 0 Å². The molecule has 2 heterocycles. The van der Waals surface area contributed by atoms with Gasteiger partial charge in [-0.3, -0.25) is 4.79 Å². The lowest BCUT2D eigenvalue weighted by Crippen LogP contribution is -2.50. The molecule has 104 valence electrons. The summed E-state index contributed by atoms with van der Waals surface area (Å²) >= 11 is 1.44. The van der Waals surface area contributed by atoms with Gasteiger partial charge in [-0.25, -0.2) is 9.97 Å². The summed E-state index contributed by atoms with van der Waals surface area (Å²) < 4.78 is 0. The molecule has 1 fully saturated rings. The molecule has 1 aromatic heterocycles. The van der Waals surface area contributed by atoms with Gasteiger partial charge in [0.05, 0.1) is 11.2 Å². The number of carbonyl (C=O) groups is 1. The lowest BCUT2D eigenvalue weighted by atomic mass is 9.84. The van der Waals surface area contributed by atoms with Gasteiger partial charge in [0, 0.05) is 31.4 Å². The molecule has 1 amide bonds. The second-order valence-electron chi connectivity index (χ2n) is 5.22. The normalized spacial score (nSPS) is 27.4. The Morgan fingerprint density at radius 2 is 2.16 bits per heavy atom. The van der Waals surface area contributed by atoms with Crippen molar-refractivity contribution in [2.75, 3.05) is 19.3 Å². The van der Waals surface area contributed by atoms with Crippen LogP contribution in [0, 0.1) is 5.92 Å². The summed E-state index contributed by atoms with van der Waals surface area (Å²) in [4.78, 5) is 22.3. The van der Waals surface area contributed by atoms with Gasteiger partial charge in [-0.05, 0) is 19.6 Å². The van der Waals surface area contributed by atoms with Crippen molar-refractivity contribution in [1.29, 1.82) is 0 Å². The van der Waals surface area contributed by atoms with E-state index in [1.807, 2.05) is 20.1 Å². The van der Waals surface area contributed by atoms with Crippen LogP contribution in [0.1, 0.15) is 30.6 Å². The average molecular weight is 281 g/mol. The third-order valence-corrected chi connectivity index (χ3v) is 4.36. The number of hydrogen-bond donors (Lipinski definition) is 1. The first-order chi connectivity index (χ1) is 8.94. The maximum atomic E-state index is 12.3. The Hall–Kier alpha value is -1.14. The number of likely N-dealkylation sites (tertiary alicyclic amines) is 1. The van der Waals surface area contributed by atoms with Crippen LogP contribution in [-0.4, -0.2) is 50.8 Å². The van der Waals surface area contributed by atoms with E-state index in [2.05, 4.69) is 9.97 Å². The zero-order valence-corrected chi connectivity index (χ0v) is 12.3. The van der Waals surface area contributed by atoms with E-state index < -0.39 is 5.60 Å². The smallest absolute Gasteiger partial charge is 0.257 e. The molecule has 2 atom stereocenters. The number of carbonyl (C=O) groups excluding carboxylic acids is 1. The summed E-state index contributed by atoms with van der Waals surface area (Å²) in [6.45, 7) is 4.93. The average Bonchev–Trinajstić information content (AvgIpc) is 2.41. The van der Waals surface area contributed by atoms with Crippen LogP contribution in [0.15, 0.2) is 17.6 Å². The molecule has 19 heavy (non-hydrogen) atoms. The zero-order valence-electron chi connectivity index (χ0n) is 11.5. The van der Waals surface area contributed by atoms with Crippen molar-refractivity contribution in [2.24, 2.45) is 5.92 Å². The highest BCUT2D eigenvalue weighted by molar-refractivity contribution is 7.98. The van der Waals surface area contributed by atoms with Crippen LogP contribution in [-0.2, 0) is 0 Å². The Kier molecular flexibility index (Phi) is 4.10. The molecule has 1 aliphatic heterocycles. The predicted molar refractivity (Wildman–Crippen MR) is 74.1 cm³/mol. The third-order valence-electron chi connectivity index (χ3n) is 3.79. The Morgan fingerprint density at radius 1 is 1.53 bits per heavy atom. The molecule has 0 aliphatic carbocycles. The molecule has 1 aromatic rings. The van der Waals surface area contributed by atoms with E-state index in [4.69, 9.17) is 0 Å². The van der Waals surface area contributed by atoms with Gasteiger partial charge in [0.25, 0.3) is 5.91 Å². The van der Waals surface area contributed by atoms with Crippen molar-refractivity contribution >= 4 is 17.7 Å². The summed E-state index contributed by atoms with van der Waals surface area (Å²) in [5.74, 6) is 0.00610. The fraction of sp³-hybridized carbons (Fsp3) is 0.615. The van der Waals surface area contributed by atoms with Crippen LogP contribution in [0.4, 0.5) is 0 Å². The Balaban J connectivity index is 2.08. The minimum Gasteiger partial charge on any atom is -0.390 e. The van der Waals surface area contributed by atoms with Crippen LogP contribution < -0.4 is 0 Å². The molecule has 0 spiro atoms. The van der Waals surface area contributed by atoms with Gasteiger partial charge in [-0.1, -0.05) is 18.7 Å². The molecule has 0 saturated carbocycles. The predicted octanol–water partition coefficient (Wildman–Crippen LogP) is 1.43. The molecule has 0 bridgehead atoms. The van der Waals surface area contributed by atoms with Crippen LogP contribution >= 0.6 is 11.8 Å². The van der Waals surface area contributed by atoms with E-state index in [1.165, 1.54) is 11.8 Å². The largest absolute Gasteiger partial charge is 0.390 e. The number of aliphatic hydroxyl groups is 1. The van der Waals surface area contributed by atoms with Gasteiger partial charge in [-0.15, -0.1) is 0 Å². The molecular weight excluding hydrogens is 262 g/mol. The van der Waals surface area contributed by atoms with Gasteiger partial charge in [-0.2, -0.15) is 0 Å². The van der Waals surface area contributed by atoms with E-state index >= 15 is 0 Å². The summed E-state index contributed by atoms with van der Waals surface area (Å²) in [6.07, 6.45) is 5.63. The molecule has 5 nitrogen and oxygen atoms in total. The number of thioether (sulfide) groups is 1. The Labute approximate surface area is 117 Å². The molecular formula is C13H19N3O2S. The monoisotopic (exact) mass is 281 g/mol. The van der Waals surface area contributed by atoms with E-state index in [1.54, 1.807) is 17.3 Å². The second-order valence-corrected chi connectivity index (χ2v) is 5.99. The highest BCUT2D eigenvalue weighted by Gasteiger charge is 2.36. The van der Waals surface area contributed by atoms with Gasteiger partial charge in [0.15, 0.2) is 5.16 Å². The molecule has 1 aliphatic rings. The number of piperidine rings is 1. The van der Waals surface area contributed by atoms with Crippen LogP contribution in [0.25, 0.3) is 0 Å². The highest BCUT2D eigenvalue weighted by atomic mass is 32.2. The minimum absolute atomic E-state index is 0.0602. The van der Waals surface area contributed by atoms with Crippen LogP contribution in [0.5, 0.6) is 0 Å². The lowest BCUT2D eigenvalue weighted by molar-refractivity contribution is -0.0439. The standard InChI is InChI=1S/C13H19N3O2S/c1-9-8-16(5-4-13(9,2)18)11(17)10-6-14-12(19-3)15-7-10/h6-7,9,18H,4-5,8H2,1-3H3/t9-,13+/m1/s1. The first-order valence-corrected chi connectivity index (χ1v) is 7.54. The van der Waals surface area contributed by atoms with Crippen molar-refractivity contribution in [1.82, 2.24) is 14.9 Å².